The highest BCUT2D eigenvalue weighted by molar-refractivity contribution is 7.86. The predicted octanol–water partition coefficient (Wildman–Crippen LogP) is 2.93. The van der Waals surface area contributed by atoms with Crippen LogP contribution in [0.4, 0.5) is 33.3 Å². The van der Waals surface area contributed by atoms with E-state index in [0.717, 1.165) is 12.1 Å². The number of rotatable bonds is 9. The highest BCUT2D eigenvalue weighted by Crippen LogP contribution is 2.42. The van der Waals surface area contributed by atoms with Crippen LogP contribution >= 0.6 is 0 Å². The normalized spacial score (nSPS) is 12.2. The van der Waals surface area contributed by atoms with Gasteiger partial charge < -0.3 is 20.8 Å². The molecule has 6 N–H and O–H groups in total. The van der Waals surface area contributed by atoms with Gasteiger partial charge in [-0.15, -0.1) is 10.2 Å². The van der Waals surface area contributed by atoms with Crippen LogP contribution < -0.4 is 10.6 Å². The van der Waals surface area contributed by atoms with Gasteiger partial charge in [0.2, 0.25) is 11.9 Å². The Balaban J connectivity index is 1.78. The number of phenols is 1. The van der Waals surface area contributed by atoms with Crippen molar-refractivity contribution in [2.45, 2.75) is 9.79 Å². The number of nitrogens with one attached hydrogen (secondary N) is 2. The maximum Gasteiger partial charge on any atom is 0.315 e. The summed E-state index contributed by atoms with van der Waals surface area (Å²) in [6.07, 6.45) is -1.12. The Hall–Kier alpha value is -4.36. The second-order valence-electron chi connectivity index (χ2n) is 7.65. The molecule has 4 aromatic rings. The van der Waals surface area contributed by atoms with E-state index < -0.39 is 47.5 Å². The summed E-state index contributed by atoms with van der Waals surface area (Å²) in [6, 6.07) is 9.95. The predicted molar refractivity (Wildman–Crippen MR) is 135 cm³/mol. The van der Waals surface area contributed by atoms with Crippen LogP contribution in [0.2, 0.25) is 0 Å². The Morgan fingerprint density at radius 3 is 2.26 bits per heavy atom. The molecular formula is C21H18FN7O8S2. The summed E-state index contributed by atoms with van der Waals surface area (Å²) in [5.74, 6) is -1.11. The Bertz CT molecular complexity index is 1820. The summed E-state index contributed by atoms with van der Waals surface area (Å²) in [5.41, 5.74) is -0.842. The van der Waals surface area contributed by atoms with Crippen LogP contribution in [0.1, 0.15) is 0 Å². The van der Waals surface area contributed by atoms with Crippen LogP contribution in [-0.2, 0) is 20.2 Å². The van der Waals surface area contributed by atoms with Crippen molar-refractivity contribution in [1.82, 2.24) is 15.0 Å². The average molecular weight is 580 g/mol. The first kappa shape index (κ1) is 27.7. The largest absolute Gasteiger partial charge is 0.505 e. The van der Waals surface area contributed by atoms with Crippen LogP contribution in [-0.4, -0.2) is 64.3 Å². The number of anilines is 3. The lowest BCUT2D eigenvalue weighted by atomic mass is 10.1. The molecule has 0 aliphatic heterocycles. The van der Waals surface area contributed by atoms with Gasteiger partial charge in [0, 0.05) is 17.6 Å². The van der Waals surface area contributed by atoms with Crippen molar-refractivity contribution in [2.24, 2.45) is 10.2 Å². The smallest absolute Gasteiger partial charge is 0.315 e. The molecule has 1 aromatic heterocycles. The molecule has 0 saturated heterocycles. The zero-order valence-corrected chi connectivity index (χ0v) is 21.0. The summed E-state index contributed by atoms with van der Waals surface area (Å²) in [5, 5.41) is 32.4. The van der Waals surface area contributed by atoms with Gasteiger partial charge in [0.25, 0.3) is 20.2 Å². The molecule has 0 spiro atoms. The van der Waals surface area contributed by atoms with Crippen molar-refractivity contribution in [3.63, 3.8) is 0 Å². The van der Waals surface area contributed by atoms with E-state index in [1.807, 2.05) is 0 Å². The molecule has 0 unspecified atom stereocenters. The highest BCUT2D eigenvalue weighted by Gasteiger charge is 2.23. The Labute approximate surface area is 219 Å². The third kappa shape index (κ3) is 6.38. The number of benzene rings is 3. The van der Waals surface area contributed by atoms with E-state index in [9.17, 15) is 35.4 Å². The molecule has 0 fully saturated rings. The summed E-state index contributed by atoms with van der Waals surface area (Å²) >= 11 is 0. The fourth-order valence-electron chi connectivity index (χ4n) is 3.37. The molecule has 3 aromatic carbocycles. The van der Waals surface area contributed by atoms with Crippen molar-refractivity contribution in [2.75, 3.05) is 23.8 Å². The summed E-state index contributed by atoms with van der Waals surface area (Å²) in [6.45, 7) is -0.202. The van der Waals surface area contributed by atoms with E-state index in [4.69, 9.17) is 5.11 Å². The number of halogens is 1. The molecule has 204 valence electrons. The van der Waals surface area contributed by atoms with Gasteiger partial charge in [0.05, 0.1) is 6.61 Å². The molecule has 18 heteroatoms. The fourth-order valence-corrected chi connectivity index (χ4v) is 4.65. The lowest BCUT2D eigenvalue weighted by Crippen LogP contribution is -2.11. The van der Waals surface area contributed by atoms with E-state index in [0.29, 0.717) is 0 Å². The number of nitrogens with zero attached hydrogens (tertiary/aromatic N) is 5. The van der Waals surface area contributed by atoms with E-state index >= 15 is 0 Å². The minimum atomic E-state index is -5.00. The fraction of sp³-hybridized carbons (Fsp3) is 0.0952. The van der Waals surface area contributed by atoms with E-state index in [2.05, 4.69) is 35.8 Å². The number of aliphatic hydroxyl groups excluding tert-OH is 1. The van der Waals surface area contributed by atoms with E-state index in [1.165, 1.54) is 36.4 Å². The molecule has 1 heterocycles. The average Bonchev–Trinajstić information content (AvgIpc) is 2.85. The number of aromatic nitrogens is 3. The van der Waals surface area contributed by atoms with Gasteiger partial charge in [-0.1, -0.05) is 12.1 Å². The summed E-state index contributed by atoms with van der Waals surface area (Å²) < 4.78 is 80.4. The number of fused-ring (bicyclic) bond motifs is 1. The van der Waals surface area contributed by atoms with Gasteiger partial charge in [-0.25, -0.2) is 0 Å². The van der Waals surface area contributed by atoms with E-state index in [-0.39, 0.29) is 47.2 Å². The molecule has 0 amide bonds. The van der Waals surface area contributed by atoms with Crippen LogP contribution in [0.25, 0.3) is 10.8 Å². The maximum atomic E-state index is 13.8. The number of aliphatic hydroxyl groups is 1. The third-order valence-corrected chi connectivity index (χ3v) is 6.76. The minimum absolute atomic E-state index is 0.0529. The van der Waals surface area contributed by atoms with Gasteiger partial charge in [0.15, 0.2) is 5.75 Å². The second kappa shape index (κ2) is 10.8. The van der Waals surface area contributed by atoms with Gasteiger partial charge in [-0.05, 0) is 41.8 Å². The molecule has 0 aliphatic rings. The first-order valence-corrected chi connectivity index (χ1v) is 13.5. The van der Waals surface area contributed by atoms with Crippen molar-refractivity contribution < 1.29 is 40.5 Å². The van der Waals surface area contributed by atoms with Crippen molar-refractivity contribution in [3.05, 3.63) is 54.6 Å². The number of hydrogen-bond acceptors (Lipinski definition) is 13. The zero-order chi connectivity index (χ0) is 28.4. The van der Waals surface area contributed by atoms with Crippen molar-refractivity contribution in [3.8, 4) is 5.75 Å². The van der Waals surface area contributed by atoms with Crippen LogP contribution in [0.3, 0.4) is 0 Å². The molecule has 4 rings (SSSR count). The molecule has 0 radical (unpaired) electrons. The first-order valence-electron chi connectivity index (χ1n) is 10.7. The van der Waals surface area contributed by atoms with Gasteiger partial charge in [0.1, 0.15) is 21.2 Å². The maximum absolute atomic E-state index is 13.8. The summed E-state index contributed by atoms with van der Waals surface area (Å²) in [7, 11) is -9.70. The SMILES string of the molecule is O=S(=O)(O)c1ccccc1N=Nc1c(S(=O)(=O)O)cc2cc(Nc3nc(F)nc(NCCO)n3)ccc2c1O. The van der Waals surface area contributed by atoms with Gasteiger partial charge >= 0.3 is 6.08 Å². The zero-order valence-electron chi connectivity index (χ0n) is 19.4. The van der Waals surface area contributed by atoms with Gasteiger partial charge in [-0.3, -0.25) is 9.11 Å². The lowest BCUT2D eigenvalue weighted by molar-refractivity contribution is 0.310. The number of phenolic OH excluding ortho intramolecular Hbond substituents is 1. The monoisotopic (exact) mass is 579 g/mol. The third-order valence-electron chi connectivity index (χ3n) is 4.99. The molecule has 39 heavy (non-hydrogen) atoms. The summed E-state index contributed by atoms with van der Waals surface area (Å²) in [4.78, 5) is 9.40. The lowest BCUT2D eigenvalue weighted by Gasteiger charge is -2.11. The second-order valence-corrected chi connectivity index (χ2v) is 10.4. The van der Waals surface area contributed by atoms with Crippen LogP contribution in [0, 0.1) is 6.08 Å². The quantitative estimate of drug-likeness (QED) is 0.124. The standard InChI is InChI=1S/C21H18FN7O8S2/c22-19-25-20(23-7-8-30)27-21(26-19)24-12-5-6-13-11(9-12)10-16(39(35,36)37)17(18(13)31)29-28-14-3-1-2-4-15(14)38(32,33)34/h1-6,9-10,30-31H,7-8H2,(H,32,33,34)(H,35,36,37)(H2,23,24,25,26,27). The topological polar surface area (TPSA) is 237 Å². The first-order chi connectivity index (χ1) is 18.4. The van der Waals surface area contributed by atoms with Crippen LogP contribution in [0.5, 0.6) is 5.75 Å². The molecule has 0 atom stereocenters. The van der Waals surface area contributed by atoms with Crippen LogP contribution in [0.15, 0.2) is 68.6 Å². The van der Waals surface area contributed by atoms with Crippen molar-refractivity contribution >= 4 is 60.0 Å². The minimum Gasteiger partial charge on any atom is -0.505 e. The number of azo groups is 1. The van der Waals surface area contributed by atoms with Crippen molar-refractivity contribution in [1.29, 1.82) is 0 Å². The Kier molecular flexibility index (Phi) is 7.65. The Morgan fingerprint density at radius 2 is 1.56 bits per heavy atom. The molecule has 0 aliphatic carbocycles. The highest BCUT2D eigenvalue weighted by atomic mass is 32.2. The molecule has 0 bridgehead atoms. The molecular weight excluding hydrogens is 561 g/mol. The number of hydrogen-bond donors (Lipinski definition) is 6. The molecule has 15 nitrogen and oxygen atoms in total. The van der Waals surface area contributed by atoms with E-state index in [1.54, 1.807) is 0 Å². The number of aromatic hydroxyl groups is 1. The Morgan fingerprint density at radius 1 is 0.872 bits per heavy atom. The molecule has 0 saturated carbocycles. The van der Waals surface area contributed by atoms with Gasteiger partial charge in [-0.2, -0.15) is 36.2 Å².